The van der Waals surface area contributed by atoms with E-state index in [1.54, 1.807) is 7.11 Å². The third kappa shape index (κ3) is 2.53. The lowest BCUT2D eigenvalue weighted by Crippen LogP contribution is -1.99. The van der Waals surface area contributed by atoms with Crippen molar-refractivity contribution < 1.29 is 4.74 Å². The Balaban J connectivity index is 2.94. The van der Waals surface area contributed by atoms with Gasteiger partial charge in [-0.15, -0.1) is 12.3 Å². The first-order chi connectivity index (χ1) is 6.67. The maximum atomic E-state index is 5.36. The molecule has 0 spiro atoms. The summed E-state index contributed by atoms with van der Waals surface area (Å²) >= 11 is 0. The number of aryl methyl sites for hydroxylation is 1. The topological polar surface area (TPSA) is 9.23 Å². The van der Waals surface area contributed by atoms with Crippen molar-refractivity contribution >= 4 is 0 Å². The molecule has 1 heteroatoms. The van der Waals surface area contributed by atoms with Gasteiger partial charge in [0.05, 0.1) is 7.11 Å². The summed E-state index contributed by atoms with van der Waals surface area (Å²) < 4.78 is 5.28. The molecule has 0 aromatic heterocycles. The Bertz CT molecular complexity index is 347. The van der Waals surface area contributed by atoms with Gasteiger partial charge in [0.2, 0.25) is 0 Å². The molecule has 1 nitrogen and oxygen atoms in total. The van der Waals surface area contributed by atoms with Gasteiger partial charge in [-0.05, 0) is 25.0 Å². The average molecular weight is 188 g/mol. The standard InChI is InChI=1S/C13H16O/c1-5-10(2)8-12-9-11(3)6-7-13(12)14-4/h1,6-7,9-10H,8H2,2-4H3. The normalized spacial score (nSPS) is 11.9. The van der Waals surface area contributed by atoms with Gasteiger partial charge in [0.1, 0.15) is 5.75 Å². The van der Waals surface area contributed by atoms with Gasteiger partial charge in [0, 0.05) is 5.92 Å². The molecule has 0 amide bonds. The smallest absolute Gasteiger partial charge is 0.122 e. The molecular weight excluding hydrogens is 172 g/mol. The van der Waals surface area contributed by atoms with Crippen molar-refractivity contribution in [1.29, 1.82) is 0 Å². The van der Waals surface area contributed by atoms with Gasteiger partial charge >= 0.3 is 0 Å². The quantitative estimate of drug-likeness (QED) is 0.663. The zero-order chi connectivity index (χ0) is 10.6. The molecule has 0 radical (unpaired) electrons. The molecule has 1 rings (SSSR count). The molecule has 1 unspecified atom stereocenters. The minimum atomic E-state index is 0.255. The minimum absolute atomic E-state index is 0.255. The van der Waals surface area contributed by atoms with E-state index in [1.807, 2.05) is 19.1 Å². The second-order valence-corrected chi connectivity index (χ2v) is 3.59. The lowest BCUT2D eigenvalue weighted by molar-refractivity contribution is 0.408. The number of hydrogen-bond acceptors (Lipinski definition) is 1. The van der Waals surface area contributed by atoms with E-state index in [0.717, 1.165) is 12.2 Å². The number of benzene rings is 1. The van der Waals surface area contributed by atoms with Gasteiger partial charge in [-0.1, -0.05) is 24.6 Å². The molecule has 74 valence electrons. The van der Waals surface area contributed by atoms with Crippen LogP contribution in [0.3, 0.4) is 0 Å². The molecular formula is C13H16O. The Morgan fingerprint density at radius 2 is 2.21 bits per heavy atom. The number of ether oxygens (including phenoxy) is 1. The summed E-state index contributed by atoms with van der Waals surface area (Å²) in [5.74, 6) is 3.91. The van der Waals surface area contributed by atoms with E-state index in [-0.39, 0.29) is 5.92 Å². The fourth-order valence-electron chi connectivity index (χ4n) is 1.46. The summed E-state index contributed by atoms with van der Waals surface area (Å²) in [5.41, 5.74) is 2.43. The number of terminal acetylenes is 1. The molecule has 1 aromatic rings. The summed E-state index contributed by atoms with van der Waals surface area (Å²) in [4.78, 5) is 0. The first-order valence-electron chi connectivity index (χ1n) is 4.77. The van der Waals surface area contributed by atoms with Crippen LogP contribution in [0.4, 0.5) is 0 Å². The Labute approximate surface area is 86.1 Å². The second-order valence-electron chi connectivity index (χ2n) is 3.59. The van der Waals surface area contributed by atoms with E-state index >= 15 is 0 Å². The maximum Gasteiger partial charge on any atom is 0.122 e. The zero-order valence-corrected chi connectivity index (χ0v) is 9.00. The number of methoxy groups -OCH3 is 1. The van der Waals surface area contributed by atoms with Crippen LogP contribution in [-0.2, 0) is 6.42 Å². The van der Waals surface area contributed by atoms with Crippen LogP contribution in [0, 0.1) is 25.2 Å². The predicted molar refractivity (Wildman–Crippen MR) is 59.4 cm³/mol. The molecule has 0 saturated carbocycles. The van der Waals surface area contributed by atoms with Gasteiger partial charge in [-0.3, -0.25) is 0 Å². The summed E-state index contributed by atoms with van der Waals surface area (Å²) in [6.45, 7) is 4.12. The third-order valence-electron chi connectivity index (χ3n) is 2.25. The summed E-state index contributed by atoms with van der Waals surface area (Å²) in [5, 5.41) is 0. The van der Waals surface area contributed by atoms with Gasteiger partial charge in [-0.25, -0.2) is 0 Å². The maximum absolute atomic E-state index is 5.36. The van der Waals surface area contributed by atoms with E-state index in [0.29, 0.717) is 0 Å². The first-order valence-corrected chi connectivity index (χ1v) is 4.77. The van der Waals surface area contributed by atoms with Crippen molar-refractivity contribution in [1.82, 2.24) is 0 Å². The van der Waals surface area contributed by atoms with Crippen LogP contribution in [-0.4, -0.2) is 7.11 Å². The Kier molecular flexibility index (Phi) is 3.59. The number of hydrogen-bond donors (Lipinski definition) is 0. The highest BCUT2D eigenvalue weighted by atomic mass is 16.5. The van der Waals surface area contributed by atoms with E-state index in [9.17, 15) is 0 Å². The lowest BCUT2D eigenvalue weighted by atomic mass is 9.99. The van der Waals surface area contributed by atoms with Crippen molar-refractivity contribution in [3.05, 3.63) is 29.3 Å². The number of rotatable bonds is 3. The SMILES string of the molecule is C#CC(C)Cc1cc(C)ccc1OC. The van der Waals surface area contributed by atoms with Gasteiger partial charge in [0.25, 0.3) is 0 Å². The average Bonchev–Trinajstić information content (AvgIpc) is 2.18. The summed E-state index contributed by atoms with van der Waals surface area (Å²) in [6.07, 6.45) is 6.23. The Hall–Kier alpha value is -1.42. The van der Waals surface area contributed by atoms with E-state index in [4.69, 9.17) is 11.2 Å². The molecule has 14 heavy (non-hydrogen) atoms. The van der Waals surface area contributed by atoms with Gasteiger partial charge < -0.3 is 4.74 Å². The Morgan fingerprint density at radius 1 is 1.50 bits per heavy atom. The monoisotopic (exact) mass is 188 g/mol. The van der Waals surface area contributed by atoms with Crippen LogP contribution in [0.25, 0.3) is 0 Å². The van der Waals surface area contributed by atoms with Crippen molar-refractivity contribution in [3.8, 4) is 18.1 Å². The van der Waals surface area contributed by atoms with E-state index in [2.05, 4.69) is 18.9 Å². The lowest BCUT2D eigenvalue weighted by Gasteiger charge is -2.10. The fraction of sp³-hybridized carbons (Fsp3) is 0.385. The highest BCUT2D eigenvalue weighted by Gasteiger charge is 2.06. The van der Waals surface area contributed by atoms with Crippen LogP contribution in [0.1, 0.15) is 18.1 Å². The highest BCUT2D eigenvalue weighted by Crippen LogP contribution is 2.22. The highest BCUT2D eigenvalue weighted by molar-refractivity contribution is 5.37. The fourth-order valence-corrected chi connectivity index (χ4v) is 1.46. The molecule has 0 bridgehead atoms. The molecule has 1 atom stereocenters. The molecule has 0 aliphatic heterocycles. The second kappa shape index (κ2) is 4.72. The van der Waals surface area contributed by atoms with Crippen LogP contribution < -0.4 is 4.74 Å². The van der Waals surface area contributed by atoms with Crippen molar-refractivity contribution in [2.45, 2.75) is 20.3 Å². The molecule has 0 N–H and O–H groups in total. The van der Waals surface area contributed by atoms with Crippen LogP contribution in [0.5, 0.6) is 5.75 Å². The minimum Gasteiger partial charge on any atom is -0.496 e. The molecule has 0 fully saturated rings. The van der Waals surface area contributed by atoms with Crippen molar-refractivity contribution in [2.75, 3.05) is 7.11 Å². The molecule has 0 heterocycles. The van der Waals surface area contributed by atoms with Crippen LogP contribution in [0.15, 0.2) is 18.2 Å². The molecule has 1 aromatic carbocycles. The van der Waals surface area contributed by atoms with Crippen molar-refractivity contribution in [3.63, 3.8) is 0 Å². The third-order valence-corrected chi connectivity index (χ3v) is 2.25. The molecule has 0 aliphatic carbocycles. The predicted octanol–water partition coefficient (Wildman–Crippen LogP) is 2.82. The first kappa shape index (κ1) is 10.7. The van der Waals surface area contributed by atoms with Gasteiger partial charge in [-0.2, -0.15) is 0 Å². The van der Waals surface area contributed by atoms with Gasteiger partial charge in [0.15, 0.2) is 0 Å². The Morgan fingerprint density at radius 3 is 2.79 bits per heavy atom. The van der Waals surface area contributed by atoms with Crippen molar-refractivity contribution in [2.24, 2.45) is 5.92 Å². The van der Waals surface area contributed by atoms with E-state index < -0.39 is 0 Å². The zero-order valence-electron chi connectivity index (χ0n) is 9.00. The molecule has 0 aliphatic rings. The summed E-state index contributed by atoms with van der Waals surface area (Å²) in [7, 11) is 1.69. The largest absolute Gasteiger partial charge is 0.496 e. The van der Waals surface area contributed by atoms with E-state index in [1.165, 1.54) is 11.1 Å². The molecule has 0 saturated heterocycles. The van der Waals surface area contributed by atoms with Crippen LogP contribution >= 0.6 is 0 Å². The summed E-state index contributed by atoms with van der Waals surface area (Å²) in [6, 6.07) is 6.17. The van der Waals surface area contributed by atoms with Crippen LogP contribution in [0.2, 0.25) is 0 Å².